The molecule has 0 saturated carbocycles. The van der Waals surface area contributed by atoms with Gasteiger partial charge in [0.05, 0.1) is 6.42 Å². The molecule has 0 spiro atoms. The van der Waals surface area contributed by atoms with Crippen LogP contribution in [0.1, 0.15) is 36.1 Å². The summed E-state index contributed by atoms with van der Waals surface area (Å²) in [6.07, 6.45) is 0.154. The Labute approximate surface area is 203 Å². The third-order valence-corrected chi connectivity index (χ3v) is 6.36. The van der Waals surface area contributed by atoms with Gasteiger partial charge >= 0.3 is 11.6 Å². The molecule has 6 nitrogen and oxygen atoms in total. The fraction of sp³-hybridized carbons (Fsp3) is 0.276. The first-order valence-corrected chi connectivity index (χ1v) is 11.7. The first kappa shape index (κ1) is 24.2. The highest BCUT2D eigenvalue weighted by molar-refractivity contribution is 5.92. The van der Waals surface area contributed by atoms with Gasteiger partial charge in [-0.25, -0.2) is 9.59 Å². The minimum atomic E-state index is -0.812. The zero-order valence-electron chi connectivity index (χ0n) is 20.4. The standard InChI is InChI=1S/C29H29NO5/c1-17(2)27(30-25(31)14-21-10-7-9-20-8-5-6-11-23(20)21)29(33)34-16-22-15-26(32)35-28-19(4)18(3)12-13-24(22)28/h5-13,15,17,27H,14,16H2,1-4H3,(H,30,31)/t27-/m1/s1. The fourth-order valence-corrected chi connectivity index (χ4v) is 4.22. The fourth-order valence-electron chi connectivity index (χ4n) is 4.22. The molecule has 1 heterocycles. The van der Waals surface area contributed by atoms with E-state index in [0.29, 0.717) is 11.1 Å². The molecule has 6 heteroatoms. The smallest absolute Gasteiger partial charge is 0.336 e. The van der Waals surface area contributed by atoms with Gasteiger partial charge in [-0.3, -0.25) is 4.79 Å². The number of fused-ring (bicyclic) bond motifs is 2. The van der Waals surface area contributed by atoms with E-state index in [1.165, 1.54) is 6.07 Å². The molecule has 1 amide bonds. The largest absolute Gasteiger partial charge is 0.459 e. The van der Waals surface area contributed by atoms with Crippen LogP contribution in [0.2, 0.25) is 0 Å². The number of esters is 1. The summed E-state index contributed by atoms with van der Waals surface area (Å²) in [6, 6.07) is 18.0. The lowest BCUT2D eigenvalue weighted by molar-refractivity contribution is -0.150. The average molecular weight is 472 g/mol. The van der Waals surface area contributed by atoms with Crippen LogP contribution in [-0.4, -0.2) is 17.9 Å². The van der Waals surface area contributed by atoms with Crippen LogP contribution in [0.4, 0.5) is 0 Å². The van der Waals surface area contributed by atoms with Gasteiger partial charge in [-0.2, -0.15) is 0 Å². The SMILES string of the molecule is Cc1ccc2c(COC(=O)[C@H](NC(=O)Cc3cccc4ccccc34)C(C)C)cc(=O)oc2c1C. The molecule has 0 saturated heterocycles. The zero-order chi connectivity index (χ0) is 25.1. The van der Waals surface area contributed by atoms with Gasteiger partial charge in [-0.05, 0) is 47.2 Å². The summed E-state index contributed by atoms with van der Waals surface area (Å²) >= 11 is 0. The van der Waals surface area contributed by atoms with Gasteiger partial charge in [0.25, 0.3) is 0 Å². The Bertz CT molecular complexity index is 1460. The van der Waals surface area contributed by atoms with Crippen LogP contribution >= 0.6 is 0 Å². The number of rotatable bonds is 7. The Morgan fingerprint density at radius 2 is 1.69 bits per heavy atom. The molecule has 1 N–H and O–H groups in total. The molecule has 3 aromatic carbocycles. The lowest BCUT2D eigenvalue weighted by Gasteiger charge is -2.21. The van der Waals surface area contributed by atoms with Crippen LogP contribution in [0.5, 0.6) is 0 Å². The number of ether oxygens (including phenoxy) is 1. The van der Waals surface area contributed by atoms with Gasteiger partial charge in [0.1, 0.15) is 18.2 Å². The van der Waals surface area contributed by atoms with E-state index in [0.717, 1.165) is 32.8 Å². The number of hydrogen-bond donors (Lipinski definition) is 1. The van der Waals surface area contributed by atoms with Crippen molar-refractivity contribution in [2.45, 2.75) is 46.8 Å². The van der Waals surface area contributed by atoms with Crippen molar-refractivity contribution >= 4 is 33.6 Å². The van der Waals surface area contributed by atoms with Crippen molar-refractivity contribution in [2.24, 2.45) is 5.92 Å². The Balaban J connectivity index is 1.48. The van der Waals surface area contributed by atoms with Crippen LogP contribution < -0.4 is 10.9 Å². The Kier molecular flexibility index (Phi) is 7.01. The molecule has 0 radical (unpaired) electrons. The maximum absolute atomic E-state index is 13.0. The topological polar surface area (TPSA) is 85.6 Å². The van der Waals surface area contributed by atoms with E-state index >= 15 is 0 Å². The van der Waals surface area contributed by atoms with E-state index in [2.05, 4.69) is 5.32 Å². The maximum atomic E-state index is 13.0. The van der Waals surface area contributed by atoms with Gasteiger partial charge in [-0.15, -0.1) is 0 Å². The second-order valence-electron chi connectivity index (χ2n) is 9.19. The molecule has 4 rings (SSSR count). The number of amides is 1. The van der Waals surface area contributed by atoms with E-state index in [4.69, 9.17) is 9.15 Å². The van der Waals surface area contributed by atoms with Crippen molar-refractivity contribution in [3.05, 3.63) is 93.3 Å². The summed E-state index contributed by atoms with van der Waals surface area (Å²) in [5.74, 6) is -0.980. The first-order valence-electron chi connectivity index (χ1n) is 11.7. The van der Waals surface area contributed by atoms with Crippen molar-refractivity contribution in [3.63, 3.8) is 0 Å². The molecule has 1 aromatic heterocycles. The lowest BCUT2D eigenvalue weighted by Crippen LogP contribution is -2.45. The molecular formula is C29H29NO5. The predicted octanol–water partition coefficient (Wildman–Crippen LogP) is 4.99. The second-order valence-corrected chi connectivity index (χ2v) is 9.19. The van der Waals surface area contributed by atoms with Crippen molar-refractivity contribution < 1.29 is 18.7 Å². The molecule has 0 aliphatic carbocycles. The number of carbonyl (C=O) groups excluding carboxylic acids is 2. The summed E-state index contributed by atoms with van der Waals surface area (Å²) in [4.78, 5) is 37.9. The van der Waals surface area contributed by atoms with Gasteiger partial charge in [0.15, 0.2) is 0 Å². The summed E-state index contributed by atoms with van der Waals surface area (Å²) < 4.78 is 11.0. The molecule has 0 fully saturated rings. The molecule has 180 valence electrons. The molecule has 0 unspecified atom stereocenters. The molecule has 4 aromatic rings. The van der Waals surface area contributed by atoms with E-state index in [1.54, 1.807) is 0 Å². The summed E-state index contributed by atoms with van der Waals surface area (Å²) in [7, 11) is 0. The van der Waals surface area contributed by atoms with Crippen molar-refractivity contribution in [1.29, 1.82) is 0 Å². The van der Waals surface area contributed by atoms with Crippen molar-refractivity contribution in [3.8, 4) is 0 Å². The van der Waals surface area contributed by atoms with Gasteiger partial charge in [0, 0.05) is 17.0 Å². The highest BCUT2D eigenvalue weighted by Gasteiger charge is 2.26. The van der Waals surface area contributed by atoms with Gasteiger partial charge < -0.3 is 14.5 Å². The number of hydrogen-bond acceptors (Lipinski definition) is 5. The molecule has 1 atom stereocenters. The number of aryl methyl sites for hydroxylation is 2. The van der Waals surface area contributed by atoms with Gasteiger partial charge in [0.2, 0.25) is 5.91 Å². The average Bonchev–Trinajstić information content (AvgIpc) is 2.83. The maximum Gasteiger partial charge on any atom is 0.336 e. The highest BCUT2D eigenvalue weighted by Crippen LogP contribution is 2.24. The minimum Gasteiger partial charge on any atom is -0.459 e. The van der Waals surface area contributed by atoms with Crippen LogP contribution in [-0.2, 0) is 27.4 Å². The monoisotopic (exact) mass is 471 g/mol. The first-order chi connectivity index (χ1) is 16.7. The molecule has 35 heavy (non-hydrogen) atoms. The Hall–Kier alpha value is -3.93. The van der Waals surface area contributed by atoms with Crippen molar-refractivity contribution in [1.82, 2.24) is 5.32 Å². The lowest BCUT2D eigenvalue weighted by atomic mass is 10.0. The number of nitrogens with one attached hydrogen (secondary N) is 1. The zero-order valence-corrected chi connectivity index (χ0v) is 20.4. The van der Waals surface area contributed by atoms with Crippen molar-refractivity contribution in [2.75, 3.05) is 0 Å². The summed E-state index contributed by atoms with van der Waals surface area (Å²) in [5.41, 5.74) is 3.33. The third kappa shape index (κ3) is 5.27. The number of carbonyl (C=O) groups is 2. The van der Waals surface area contributed by atoms with E-state index in [9.17, 15) is 14.4 Å². The second kappa shape index (κ2) is 10.1. The Morgan fingerprint density at radius 3 is 2.46 bits per heavy atom. The molecule has 0 aliphatic heterocycles. The quantitative estimate of drug-likeness (QED) is 0.303. The van der Waals surface area contributed by atoms with Crippen LogP contribution in [0, 0.1) is 19.8 Å². The predicted molar refractivity (Wildman–Crippen MR) is 136 cm³/mol. The molecular weight excluding hydrogens is 442 g/mol. The summed E-state index contributed by atoms with van der Waals surface area (Å²) in [5, 5.41) is 5.63. The molecule has 0 bridgehead atoms. The van der Waals surface area contributed by atoms with Crippen LogP contribution in [0.25, 0.3) is 21.7 Å². The van der Waals surface area contributed by atoms with E-state index in [1.807, 2.05) is 82.3 Å². The molecule has 0 aliphatic rings. The minimum absolute atomic E-state index is 0.0914. The highest BCUT2D eigenvalue weighted by atomic mass is 16.5. The Morgan fingerprint density at radius 1 is 0.943 bits per heavy atom. The summed E-state index contributed by atoms with van der Waals surface area (Å²) in [6.45, 7) is 7.43. The normalized spacial score (nSPS) is 12.1. The van der Waals surface area contributed by atoms with Crippen LogP contribution in [0.3, 0.4) is 0 Å². The van der Waals surface area contributed by atoms with Gasteiger partial charge in [-0.1, -0.05) is 68.4 Å². The number of benzene rings is 3. The van der Waals surface area contributed by atoms with Crippen LogP contribution in [0.15, 0.2) is 69.9 Å². The van der Waals surface area contributed by atoms with E-state index in [-0.39, 0.29) is 24.9 Å². The third-order valence-electron chi connectivity index (χ3n) is 6.36. The van der Waals surface area contributed by atoms with E-state index < -0.39 is 17.6 Å².